The number of rotatable bonds is 5. The van der Waals surface area contributed by atoms with Gasteiger partial charge in [0.05, 0.1) is 40.8 Å². The van der Waals surface area contributed by atoms with E-state index in [1.54, 1.807) is 28.0 Å². The molecule has 2 amide bonds. The molecule has 3 aromatic heterocycles. The van der Waals surface area contributed by atoms with Crippen molar-refractivity contribution in [1.82, 2.24) is 34.4 Å². The van der Waals surface area contributed by atoms with E-state index in [9.17, 15) is 22.8 Å². The summed E-state index contributed by atoms with van der Waals surface area (Å²) in [6, 6.07) is 4.76. The van der Waals surface area contributed by atoms with Gasteiger partial charge in [-0.3, -0.25) is 19.1 Å². The number of halogens is 4. The van der Waals surface area contributed by atoms with Crippen LogP contribution in [0.5, 0.6) is 0 Å². The molecule has 15 heteroatoms. The van der Waals surface area contributed by atoms with Crippen LogP contribution in [0.1, 0.15) is 16.1 Å². The van der Waals surface area contributed by atoms with Gasteiger partial charge < -0.3 is 20.9 Å². The van der Waals surface area contributed by atoms with Gasteiger partial charge in [-0.2, -0.15) is 18.3 Å². The highest BCUT2D eigenvalue weighted by Gasteiger charge is 2.36. The Kier molecular flexibility index (Phi) is 6.67. The van der Waals surface area contributed by atoms with E-state index in [1.165, 1.54) is 23.0 Å². The Morgan fingerprint density at radius 2 is 1.84 bits per heavy atom. The number of piperazine rings is 1. The first-order valence-corrected chi connectivity index (χ1v) is 11.8. The maximum Gasteiger partial charge on any atom is 0.433 e. The minimum atomic E-state index is -4.62. The third-order valence-corrected chi connectivity index (χ3v) is 6.50. The van der Waals surface area contributed by atoms with Crippen molar-refractivity contribution in [3.63, 3.8) is 0 Å². The molecule has 5 rings (SSSR count). The van der Waals surface area contributed by atoms with Crippen LogP contribution < -0.4 is 11.1 Å². The van der Waals surface area contributed by atoms with Crippen LogP contribution in [0.3, 0.4) is 0 Å². The van der Waals surface area contributed by atoms with Crippen LogP contribution in [0.4, 0.5) is 24.7 Å². The average molecular weight is 548 g/mol. The third-order valence-electron chi connectivity index (χ3n) is 6.18. The van der Waals surface area contributed by atoms with Crippen LogP contribution in [-0.2, 0) is 11.0 Å². The van der Waals surface area contributed by atoms with Crippen LogP contribution in [0.25, 0.3) is 16.9 Å². The van der Waals surface area contributed by atoms with Crippen molar-refractivity contribution >= 4 is 40.6 Å². The molecule has 1 saturated heterocycles. The second-order valence-electron chi connectivity index (χ2n) is 8.47. The van der Waals surface area contributed by atoms with E-state index in [4.69, 9.17) is 17.3 Å². The Labute approximate surface area is 218 Å². The van der Waals surface area contributed by atoms with Gasteiger partial charge in [0.15, 0.2) is 11.5 Å². The maximum atomic E-state index is 13.4. The molecule has 1 fully saturated rings. The summed E-state index contributed by atoms with van der Waals surface area (Å²) in [5.74, 6) is -0.156. The number of carbonyl (C=O) groups is 2. The number of alkyl halides is 3. The van der Waals surface area contributed by atoms with Crippen molar-refractivity contribution < 1.29 is 22.8 Å². The van der Waals surface area contributed by atoms with Crippen LogP contribution >= 0.6 is 11.6 Å². The summed E-state index contributed by atoms with van der Waals surface area (Å²) in [7, 11) is 0. The SMILES string of the molecule is NCC(=O)N1CCN(C(=O)c2ccc(Nc3nccn4c(-c5cn[nH]c5C(F)(F)F)cnc34)cc2Cl)CC1. The molecular formula is C23H21ClF3N9O2. The van der Waals surface area contributed by atoms with E-state index in [1.807, 2.05) is 5.10 Å². The first-order chi connectivity index (χ1) is 18.2. The molecule has 11 nitrogen and oxygen atoms in total. The predicted molar refractivity (Wildman–Crippen MR) is 132 cm³/mol. The molecule has 1 aliphatic heterocycles. The Balaban J connectivity index is 1.35. The zero-order valence-corrected chi connectivity index (χ0v) is 20.4. The van der Waals surface area contributed by atoms with Gasteiger partial charge in [-0.1, -0.05) is 11.6 Å². The first-order valence-electron chi connectivity index (χ1n) is 11.4. The lowest BCUT2D eigenvalue weighted by atomic mass is 10.1. The Morgan fingerprint density at radius 3 is 2.53 bits per heavy atom. The van der Waals surface area contributed by atoms with E-state index in [0.29, 0.717) is 37.4 Å². The number of fused-ring (bicyclic) bond motifs is 1. The van der Waals surface area contributed by atoms with E-state index in [-0.39, 0.29) is 46.1 Å². The van der Waals surface area contributed by atoms with Crippen molar-refractivity contribution in [1.29, 1.82) is 0 Å². The number of carbonyl (C=O) groups excluding carboxylic acids is 2. The van der Waals surface area contributed by atoms with Gasteiger partial charge in [-0.25, -0.2) is 9.97 Å². The van der Waals surface area contributed by atoms with Crippen molar-refractivity contribution in [3.05, 3.63) is 59.3 Å². The first kappa shape index (κ1) is 25.5. The smallest absolute Gasteiger partial charge is 0.338 e. The summed E-state index contributed by atoms with van der Waals surface area (Å²) in [5, 5.41) is 8.78. The van der Waals surface area contributed by atoms with Crippen LogP contribution in [0.15, 0.2) is 43.0 Å². The number of nitrogens with zero attached hydrogens (tertiary/aromatic N) is 6. The second kappa shape index (κ2) is 9.95. The Morgan fingerprint density at radius 1 is 1.11 bits per heavy atom. The number of H-pyrrole nitrogens is 1. The summed E-state index contributed by atoms with van der Waals surface area (Å²) >= 11 is 6.43. The number of hydrogen-bond acceptors (Lipinski definition) is 7. The van der Waals surface area contributed by atoms with Crippen molar-refractivity contribution in [2.45, 2.75) is 6.18 Å². The summed E-state index contributed by atoms with van der Waals surface area (Å²) in [5.41, 5.74) is 5.52. The van der Waals surface area contributed by atoms with Crippen LogP contribution in [-0.4, -0.2) is 78.9 Å². The van der Waals surface area contributed by atoms with Gasteiger partial charge in [-0.05, 0) is 18.2 Å². The fourth-order valence-electron chi connectivity index (χ4n) is 4.26. The van der Waals surface area contributed by atoms with E-state index >= 15 is 0 Å². The van der Waals surface area contributed by atoms with Gasteiger partial charge >= 0.3 is 6.18 Å². The monoisotopic (exact) mass is 547 g/mol. The number of nitrogens with two attached hydrogens (primary N) is 1. The molecule has 0 aliphatic carbocycles. The van der Waals surface area contributed by atoms with E-state index in [0.717, 1.165) is 6.20 Å². The van der Waals surface area contributed by atoms with Gasteiger partial charge in [0, 0.05) is 44.3 Å². The normalized spacial score (nSPS) is 14.2. The quantitative estimate of drug-likeness (QED) is 0.349. The molecule has 198 valence electrons. The van der Waals surface area contributed by atoms with Gasteiger partial charge in [0.25, 0.3) is 5.91 Å². The van der Waals surface area contributed by atoms with Crippen molar-refractivity contribution in [2.75, 3.05) is 38.0 Å². The van der Waals surface area contributed by atoms with Crippen molar-refractivity contribution in [3.8, 4) is 11.3 Å². The maximum absolute atomic E-state index is 13.4. The summed E-state index contributed by atoms with van der Waals surface area (Å²) in [6.07, 6.45) is 0.687. The van der Waals surface area contributed by atoms with Gasteiger partial charge in [0.1, 0.15) is 5.69 Å². The lowest BCUT2D eigenvalue weighted by molar-refractivity contribution is -0.140. The molecule has 0 spiro atoms. The molecule has 0 bridgehead atoms. The van der Waals surface area contributed by atoms with Gasteiger partial charge in [-0.15, -0.1) is 0 Å². The highest BCUT2D eigenvalue weighted by molar-refractivity contribution is 6.34. The molecule has 0 atom stereocenters. The zero-order chi connectivity index (χ0) is 27.0. The summed E-state index contributed by atoms with van der Waals surface area (Å²) in [6.45, 7) is 1.44. The number of benzene rings is 1. The van der Waals surface area contributed by atoms with Crippen LogP contribution in [0, 0.1) is 0 Å². The topological polar surface area (TPSA) is 138 Å². The molecule has 38 heavy (non-hydrogen) atoms. The van der Waals surface area contributed by atoms with Crippen molar-refractivity contribution in [2.24, 2.45) is 5.73 Å². The summed E-state index contributed by atoms with van der Waals surface area (Å²) in [4.78, 5) is 36.5. The average Bonchev–Trinajstić information content (AvgIpc) is 3.56. The molecule has 1 aliphatic rings. The standard InChI is InChI=1S/C23H21ClF3N9O2/c24-16-9-13(1-2-14(16)22(38)35-7-5-34(6-8-35)18(37)10-28)32-20-21-30-12-17(36(21)4-3-29-20)15-11-31-33-19(15)23(25,26)27/h1-4,9,11-12H,5-8,10,28H2,(H,29,32)(H,31,33). The highest BCUT2D eigenvalue weighted by atomic mass is 35.5. The number of anilines is 2. The molecule has 0 unspecified atom stereocenters. The van der Waals surface area contributed by atoms with Gasteiger partial charge in [0.2, 0.25) is 5.91 Å². The van der Waals surface area contributed by atoms with Crippen LogP contribution in [0.2, 0.25) is 5.02 Å². The number of nitrogens with one attached hydrogen (secondary N) is 2. The predicted octanol–water partition coefficient (Wildman–Crippen LogP) is 2.78. The highest BCUT2D eigenvalue weighted by Crippen LogP contribution is 2.36. The largest absolute Gasteiger partial charge is 0.433 e. The van der Waals surface area contributed by atoms with E-state index in [2.05, 4.69) is 20.4 Å². The number of aromatic nitrogens is 5. The second-order valence-corrected chi connectivity index (χ2v) is 8.87. The van der Waals surface area contributed by atoms with E-state index < -0.39 is 11.9 Å². The minimum Gasteiger partial charge on any atom is -0.338 e. The lowest BCUT2D eigenvalue weighted by Crippen LogP contribution is -2.51. The molecule has 0 saturated carbocycles. The molecule has 4 N–H and O–H groups in total. The molecular weight excluding hydrogens is 527 g/mol. The molecule has 1 aromatic carbocycles. The summed E-state index contributed by atoms with van der Waals surface area (Å²) < 4.78 is 41.6. The number of hydrogen-bond donors (Lipinski definition) is 3. The molecule has 4 aromatic rings. The lowest BCUT2D eigenvalue weighted by Gasteiger charge is -2.34. The number of aromatic amines is 1. The molecule has 4 heterocycles. The fourth-order valence-corrected chi connectivity index (χ4v) is 4.53. The Hall–Kier alpha value is -4.17. The Bertz CT molecular complexity index is 1510. The third kappa shape index (κ3) is 4.75. The minimum absolute atomic E-state index is 0.0746. The molecule has 0 radical (unpaired) electrons. The fraction of sp³-hybridized carbons (Fsp3) is 0.261. The number of amides is 2. The number of imidazole rings is 1. The zero-order valence-electron chi connectivity index (χ0n) is 19.7.